The monoisotopic (exact) mass is 288 g/mol. The molecule has 1 aliphatic heterocycles. The van der Waals surface area contributed by atoms with E-state index in [1.165, 1.54) is 0 Å². The Hall–Kier alpha value is -1.35. The van der Waals surface area contributed by atoms with E-state index in [2.05, 4.69) is 36.2 Å². The molecule has 0 spiro atoms. The van der Waals surface area contributed by atoms with Crippen molar-refractivity contribution in [2.24, 2.45) is 5.92 Å². The lowest BCUT2D eigenvalue weighted by Crippen LogP contribution is -2.46. The van der Waals surface area contributed by atoms with Crippen molar-refractivity contribution in [1.82, 2.24) is 10.2 Å². The van der Waals surface area contributed by atoms with E-state index < -0.39 is 0 Å². The number of nitrogens with zero attached hydrogens (tertiary/aromatic N) is 1. The molecule has 0 aromatic heterocycles. The van der Waals surface area contributed by atoms with Crippen LogP contribution in [-0.4, -0.2) is 37.0 Å². The molecule has 1 aliphatic rings. The molecule has 1 N–H and O–H groups in total. The second kappa shape index (κ2) is 7.60. The third kappa shape index (κ3) is 3.85. The number of piperidine rings is 1. The first-order valence-electron chi connectivity index (χ1n) is 8.18. The maximum Gasteiger partial charge on any atom is 0.230 e. The highest BCUT2D eigenvalue weighted by molar-refractivity contribution is 5.84. The van der Waals surface area contributed by atoms with Crippen molar-refractivity contribution in [1.29, 1.82) is 0 Å². The minimum absolute atomic E-state index is 0.00216. The zero-order chi connectivity index (χ0) is 15.2. The number of carbonyl (C=O) groups is 1. The number of hydrogen-bond acceptors (Lipinski definition) is 2. The first-order valence-corrected chi connectivity index (χ1v) is 8.18. The van der Waals surface area contributed by atoms with Crippen molar-refractivity contribution in [3.8, 4) is 0 Å². The summed E-state index contributed by atoms with van der Waals surface area (Å²) in [5.41, 5.74) is 1.16. The van der Waals surface area contributed by atoms with Gasteiger partial charge in [-0.15, -0.1) is 0 Å². The molecule has 1 heterocycles. The first kappa shape index (κ1) is 16.0. The maximum absolute atomic E-state index is 13.0. The van der Waals surface area contributed by atoms with E-state index in [0.717, 1.165) is 37.9 Å². The fourth-order valence-corrected chi connectivity index (χ4v) is 3.20. The van der Waals surface area contributed by atoms with Gasteiger partial charge in [-0.2, -0.15) is 0 Å². The molecular formula is C18H28N2O. The number of nitrogens with one attached hydrogen (secondary N) is 1. The van der Waals surface area contributed by atoms with Gasteiger partial charge in [0.05, 0.1) is 5.92 Å². The van der Waals surface area contributed by atoms with Crippen LogP contribution < -0.4 is 5.32 Å². The fourth-order valence-electron chi connectivity index (χ4n) is 3.20. The quantitative estimate of drug-likeness (QED) is 0.903. The largest absolute Gasteiger partial charge is 0.342 e. The van der Waals surface area contributed by atoms with Gasteiger partial charge >= 0.3 is 0 Å². The van der Waals surface area contributed by atoms with Gasteiger partial charge in [-0.25, -0.2) is 0 Å². The third-order valence-electron chi connectivity index (χ3n) is 4.85. The molecule has 3 nitrogen and oxygen atoms in total. The Kier molecular flexibility index (Phi) is 5.80. The molecule has 1 aromatic carbocycles. The minimum atomic E-state index is 0.00216. The molecule has 1 aromatic rings. The molecule has 1 fully saturated rings. The van der Waals surface area contributed by atoms with Crippen molar-refractivity contribution in [3.63, 3.8) is 0 Å². The Balaban J connectivity index is 2.12. The molecule has 116 valence electrons. The van der Waals surface area contributed by atoms with Crippen molar-refractivity contribution in [2.75, 3.05) is 20.1 Å². The molecule has 3 heteroatoms. The van der Waals surface area contributed by atoms with Crippen LogP contribution in [0.4, 0.5) is 0 Å². The zero-order valence-electron chi connectivity index (χ0n) is 13.5. The number of carbonyl (C=O) groups excluding carboxylic acids is 1. The van der Waals surface area contributed by atoms with Crippen LogP contribution in [-0.2, 0) is 4.79 Å². The predicted molar refractivity (Wildman–Crippen MR) is 87.3 cm³/mol. The summed E-state index contributed by atoms with van der Waals surface area (Å²) in [5.74, 6) is 0.689. The van der Waals surface area contributed by atoms with E-state index >= 15 is 0 Å². The highest BCUT2D eigenvalue weighted by Gasteiger charge is 2.31. The minimum Gasteiger partial charge on any atom is -0.342 e. The summed E-state index contributed by atoms with van der Waals surface area (Å²) in [6.45, 7) is 6.12. The first-order chi connectivity index (χ1) is 10.2. The summed E-state index contributed by atoms with van der Waals surface area (Å²) in [4.78, 5) is 15.1. The topological polar surface area (TPSA) is 32.3 Å². The van der Waals surface area contributed by atoms with E-state index in [1.54, 1.807) is 0 Å². The van der Waals surface area contributed by atoms with Gasteiger partial charge in [-0.3, -0.25) is 4.79 Å². The van der Waals surface area contributed by atoms with Gasteiger partial charge < -0.3 is 10.2 Å². The van der Waals surface area contributed by atoms with Gasteiger partial charge in [-0.05, 0) is 31.4 Å². The second-order valence-electron chi connectivity index (χ2n) is 6.16. The Morgan fingerprint density at radius 1 is 1.29 bits per heavy atom. The molecule has 2 atom stereocenters. The van der Waals surface area contributed by atoms with Crippen LogP contribution in [0.3, 0.4) is 0 Å². The zero-order valence-corrected chi connectivity index (χ0v) is 13.5. The van der Waals surface area contributed by atoms with Crippen LogP contribution in [0.5, 0.6) is 0 Å². The molecule has 0 bridgehead atoms. The third-order valence-corrected chi connectivity index (χ3v) is 4.85. The number of likely N-dealkylation sites (tertiary alicyclic amines) is 1. The standard InChI is InChI=1S/C18H28N2O/c1-4-14(2)17(15-8-6-5-7-9-15)18(21)20-12-10-16(19-3)11-13-20/h5-9,14,16-17,19H,4,10-13H2,1-3H3. The molecule has 2 rings (SSSR count). The van der Waals surface area contributed by atoms with E-state index in [1.807, 2.05) is 25.2 Å². The van der Waals surface area contributed by atoms with Crippen molar-refractivity contribution >= 4 is 5.91 Å². The van der Waals surface area contributed by atoms with E-state index in [0.29, 0.717) is 17.9 Å². The molecule has 0 radical (unpaired) electrons. The second-order valence-corrected chi connectivity index (χ2v) is 6.16. The van der Waals surface area contributed by atoms with Crippen molar-refractivity contribution in [3.05, 3.63) is 35.9 Å². The van der Waals surface area contributed by atoms with Gasteiger partial charge in [0, 0.05) is 19.1 Å². The van der Waals surface area contributed by atoms with E-state index in [-0.39, 0.29) is 5.92 Å². The molecule has 2 unspecified atom stereocenters. The van der Waals surface area contributed by atoms with Crippen LogP contribution in [0.15, 0.2) is 30.3 Å². The van der Waals surface area contributed by atoms with Crippen LogP contribution in [0.1, 0.15) is 44.6 Å². The van der Waals surface area contributed by atoms with Gasteiger partial charge in [0.15, 0.2) is 0 Å². The number of rotatable bonds is 5. The Morgan fingerprint density at radius 3 is 2.43 bits per heavy atom. The van der Waals surface area contributed by atoms with Crippen LogP contribution in [0, 0.1) is 5.92 Å². The van der Waals surface area contributed by atoms with E-state index in [9.17, 15) is 4.79 Å². The molecule has 1 amide bonds. The predicted octanol–water partition coefficient (Wildman–Crippen LogP) is 3.03. The molecule has 1 saturated heterocycles. The lowest BCUT2D eigenvalue weighted by atomic mass is 9.84. The van der Waals surface area contributed by atoms with Crippen LogP contribution >= 0.6 is 0 Å². The molecule has 0 saturated carbocycles. The average Bonchev–Trinajstić information content (AvgIpc) is 2.55. The smallest absolute Gasteiger partial charge is 0.230 e. The summed E-state index contributed by atoms with van der Waals surface area (Å²) in [6.07, 6.45) is 3.15. The van der Waals surface area contributed by atoms with Gasteiger partial charge in [0.25, 0.3) is 0 Å². The lowest BCUT2D eigenvalue weighted by Gasteiger charge is -2.35. The Bertz CT molecular complexity index is 438. The van der Waals surface area contributed by atoms with E-state index in [4.69, 9.17) is 0 Å². The van der Waals surface area contributed by atoms with Gasteiger partial charge in [0.2, 0.25) is 5.91 Å². The highest BCUT2D eigenvalue weighted by atomic mass is 16.2. The Labute approximate surface area is 128 Å². The lowest BCUT2D eigenvalue weighted by molar-refractivity contribution is -0.135. The Morgan fingerprint density at radius 2 is 1.90 bits per heavy atom. The number of hydrogen-bond donors (Lipinski definition) is 1. The molecule has 0 aliphatic carbocycles. The fraction of sp³-hybridized carbons (Fsp3) is 0.611. The molecular weight excluding hydrogens is 260 g/mol. The molecule has 21 heavy (non-hydrogen) atoms. The van der Waals surface area contributed by atoms with Crippen molar-refractivity contribution in [2.45, 2.75) is 45.1 Å². The summed E-state index contributed by atoms with van der Waals surface area (Å²) in [5, 5.41) is 3.32. The summed E-state index contributed by atoms with van der Waals surface area (Å²) < 4.78 is 0. The normalized spacial score (nSPS) is 19.3. The SMILES string of the molecule is CCC(C)C(C(=O)N1CCC(NC)CC1)c1ccccc1. The van der Waals surface area contributed by atoms with Crippen LogP contribution in [0.2, 0.25) is 0 Å². The number of benzene rings is 1. The summed E-state index contributed by atoms with van der Waals surface area (Å²) in [6, 6.07) is 10.8. The van der Waals surface area contributed by atoms with Crippen molar-refractivity contribution < 1.29 is 4.79 Å². The maximum atomic E-state index is 13.0. The van der Waals surface area contributed by atoms with Gasteiger partial charge in [0.1, 0.15) is 0 Å². The van der Waals surface area contributed by atoms with Gasteiger partial charge in [-0.1, -0.05) is 50.6 Å². The number of amides is 1. The highest BCUT2D eigenvalue weighted by Crippen LogP contribution is 2.30. The summed E-state index contributed by atoms with van der Waals surface area (Å²) >= 11 is 0. The van der Waals surface area contributed by atoms with Crippen LogP contribution in [0.25, 0.3) is 0 Å². The average molecular weight is 288 g/mol. The summed E-state index contributed by atoms with van der Waals surface area (Å²) in [7, 11) is 2.01.